The van der Waals surface area contributed by atoms with Crippen molar-refractivity contribution in [1.82, 2.24) is 10.3 Å². The topological polar surface area (TPSA) is 24.9 Å². The van der Waals surface area contributed by atoms with Gasteiger partial charge in [0.05, 0.1) is 0 Å². The van der Waals surface area contributed by atoms with Gasteiger partial charge in [0.15, 0.2) is 0 Å². The van der Waals surface area contributed by atoms with E-state index in [1.807, 2.05) is 12.4 Å². The van der Waals surface area contributed by atoms with Crippen molar-refractivity contribution in [2.24, 2.45) is 0 Å². The molecule has 1 N–H and O–H groups in total. The Labute approximate surface area is 92.1 Å². The van der Waals surface area contributed by atoms with Crippen molar-refractivity contribution in [2.75, 3.05) is 6.54 Å². The van der Waals surface area contributed by atoms with Crippen LogP contribution in [0.15, 0.2) is 18.5 Å². The molecule has 1 unspecified atom stereocenters. The SMILES string of the molecule is C#CCCC(NCC)c1cncc(C)c1. The summed E-state index contributed by atoms with van der Waals surface area (Å²) in [4.78, 5) is 4.20. The molecule has 0 saturated carbocycles. The summed E-state index contributed by atoms with van der Waals surface area (Å²) in [5.74, 6) is 2.68. The van der Waals surface area contributed by atoms with Crippen LogP contribution in [0.1, 0.15) is 36.9 Å². The zero-order chi connectivity index (χ0) is 11.1. The van der Waals surface area contributed by atoms with Crippen LogP contribution in [0.25, 0.3) is 0 Å². The van der Waals surface area contributed by atoms with Gasteiger partial charge in [-0.15, -0.1) is 12.3 Å². The van der Waals surface area contributed by atoms with Crippen LogP contribution in [0.5, 0.6) is 0 Å². The second-order valence-electron chi connectivity index (χ2n) is 3.65. The van der Waals surface area contributed by atoms with E-state index >= 15 is 0 Å². The lowest BCUT2D eigenvalue weighted by Crippen LogP contribution is -2.21. The molecule has 0 spiro atoms. The van der Waals surface area contributed by atoms with Gasteiger partial charge in [-0.3, -0.25) is 4.98 Å². The summed E-state index contributed by atoms with van der Waals surface area (Å²) in [7, 11) is 0. The molecule has 1 aromatic heterocycles. The van der Waals surface area contributed by atoms with Crippen LogP contribution in [0.3, 0.4) is 0 Å². The van der Waals surface area contributed by atoms with Gasteiger partial charge in [-0.2, -0.15) is 0 Å². The summed E-state index contributed by atoms with van der Waals surface area (Å²) in [6, 6.07) is 2.50. The van der Waals surface area contributed by atoms with E-state index < -0.39 is 0 Å². The normalized spacial score (nSPS) is 12.1. The maximum atomic E-state index is 5.29. The van der Waals surface area contributed by atoms with Gasteiger partial charge in [0, 0.05) is 24.9 Å². The fourth-order valence-electron chi connectivity index (χ4n) is 1.63. The highest BCUT2D eigenvalue weighted by Gasteiger charge is 2.09. The molecule has 1 aromatic rings. The highest BCUT2D eigenvalue weighted by molar-refractivity contribution is 5.20. The average Bonchev–Trinajstić information content (AvgIpc) is 2.24. The van der Waals surface area contributed by atoms with Gasteiger partial charge in [0.1, 0.15) is 0 Å². The highest BCUT2D eigenvalue weighted by atomic mass is 14.9. The first-order chi connectivity index (χ1) is 7.27. The first-order valence-corrected chi connectivity index (χ1v) is 5.36. The van der Waals surface area contributed by atoms with E-state index in [9.17, 15) is 0 Å². The molecule has 0 aromatic carbocycles. The van der Waals surface area contributed by atoms with Crippen molar-refractivity contribution < 1.29 is 0 Å². The van der Waals surface area contributed by atoms with Crippen LogP contribution in [0, 0.1) is 19.3 Å². The van der Waals surface area contributed by atoms with Crippen LogP contribution in [-0.4, -0.2) is 11.5 Å². The maximum Gasteiger partial charge on any atom is 0.0344 e. The number of hydrogen-bond donors (Lipinski definition) is 1. The van der Waals surface area contributed by atoms with Crippen molar-refractivity contribution in [3.8, 4) is 12.3 Å². The minimum Gasteiger partial charge on any atom is -0.310 e. The van der Waals surface area contributed by atoms with Gasteiger partial charge >= 0.3 is 0 Å². The predicted octanol–water partition coefficient (Wildman–Crippen LogP) is 2.45. The second kappa shape index (κ2) is 6.21. The Bertz CT molecular complexity index is 339. The first kappa shape index (κ1) is 11.7. The maximum absolute atomic E-state index is 5.29. The minimum absolute atomic E-state index is 0.332. The molecular formula is C13H18N2. The molecule has 0 radical (unpaired) electrons. The van der Waals surface area contributed by atoms with Gasteiger partial charge in [-0.25, -0.2) is 0 Å². The van der Waals surface area contributed by atoms with Gasteiger partial charge in [-0.1, -0.05) is 13.0 Å². The molecule has 0 bridgehead atoms. The van der Waals surface area contributed by atoms with E-state index in [1.54, 1.807) is 0 Å². The van der Waals surface area contributed by atoms with Gasteiger partial charge < -0.3 is 5.32 Å². The molecular weight excluding hydrogens is 184 g/mol. The molecule has 0 fully saturated rings. The van der Waals surface area contributed by atoms with E-state index in [-0.39, 0.29) is 0 Å². The number of nitrogens with one attached hydrogen (secondary N) is 1. The first-order valence-electron chi connectivity index (χ1n) is 5.36. The number of rotatable bonds is 5. The van der Waals surface area contributed by atoms with Gasteiger partial charge in [0.25, 0.3) is 0 Å². The number of aromatic nitrogens is 1. The Hall–Kier alpha value is -1.33. The van der Waals surface area contributed by atoms with Crippen molar-refractivity contribution in [3.05, 3.63) is 29.6 Å². The lowest BCUT2D eigenvalue weighted by molar-refractivity contribution is 0.521. The zero-order valence-corrected chi connectivity index (χ0v) is 9.46. The number of aryl methyl sites for hydroxylation is 1. The summed E-state index contributed by atoms with van der Waals surface area (Å²) in [6.07, 6.45) is 10.8. The van der Waals surface area contributed by atoms with E-state index in [4.69, 9.17) is 6.42 Å². The molecule has 2 heteroatoms. The summed E-state index contributed by atoms with van der Waals surface area (Å²) >= 11 is 0. The fraction of sp³-hybridized carbons (Fsp3) is 0.462. The van der Waals surface area contributed by atoms with E-state index in [0.717, 1.165) is 19.4 Å². The molecule has 0 aliphatic heterocycles. The highest BCUT2D eigenvalue weighted by Crippen LogP contribution is 2.18. The fourth-order valence-corrected chi connectivity index (χ4v) is 1.63. The van der Waals surface area contributed by atoms with Crippen molar-refractivity contribution in [2.45, 2.75) is 32.7 Å². The average molecular weight is 202 g/mol. The number of nitrogens with zero attached hydrogens (tertiary/aromatic N) is 1. The number of terminal acetylenes is 1. The summed E-state index contributed by atoms with van der Waals surface area (Å²) < 4.78 is 0. The Balaban J connectivity index is 2.74. The van der Waals surface area contributed by atoms with Crippen molar-refractivity contribution in [3.63, 3.8) is 0 Å². The number of hydrogen-bond acceptors (Lipinski definition) is 2. The number of pyridine rings is 1. The molecule has 80 valence electrons. The molecule has 2 nitrogen and oxygen atoms in total. The lowest BCUT2D eigenvalue weighted by atomic mass is 10.0. The molecule has 1 atom stereocenters. The van der Waals surface area contributed by atoms with Crippen LogP contribution in [0.4, 0.5) is 0 Å². The Morgan fingerprint density at radius 2 is 2.33 bits per heavy atom. The Morgan fingerprint density at radius 3 is 2.93 bits per heavy atom. The monoisotopic (exact) mass is 202 g/mol. The van der Waals surface area contributed by atoms with Crippen LogP contribution in [-0.2, 0) is 0 Å². The molecule has 0 aliphatic carbocycles. The quantitative estimate of drug-likeness (QED) is 0.742. The summed E-state index contributed by atoms with van der Waals surface area (Å²) in [5, 5.41) is 3.43. The van der Waals surface area contributed by atoms with E-state index in [2.05, 4.69) is 36.1 Å². The second-order valence-corrected chi connectivity index (χ2v) is 3.65. The predicted molar refractivity (Wildman–Crippen MR) is 63.5 cm³/mol. The van der Waals surface area contributed by atoms with Gasteiger partial charge in [0.2, 0.25) is 0 Å². The molecule has 0 amide bonds. The molecule has 15 heavy (non-hydrogen) atoms. The standard InChI is InChI=1S/C13H18N2/c1-4-6-7-13(15-5-2)12-8-11(3)9-14-10-12/h1,8-10,13,15H,5-7H2,2-3H3. The molecule has 0 saturated heterocycles. The van der Waals surface area contributed by atoms with E-state index in [0.29, 0.717) is 6.04 Å². The van der Waals surface area contributed by atoms with Crippen LogP contribution in [0.2, 0.25) is 0 Å². The van der Waals surface area contributed by atoms with Crippen molar-refractivity contribution >= 4 is 0 Å². The summed E-state index contributed by atoms with van der Waals surface area (Å²) in [5.41, 5.74) is 2.42. The lowest BCUT2D eigenvalue weighted by Gasteiger charge is -2.17. The molecule has 1 heterocycles. The Morgan fingerprint density at radius 1 is 1.53 bits per heavy atom. The summed E-state index contributed by atoms with van der Waals surface area (Å²) in [6.45, 7) is 5.11. The van der Waals surface area contributed by atoms with Gasteiger partial charge in [-0.05, 0) is 31.0 Å². The third kappa shape index (κ3) is 3.73. The minimum atomic E-state index is 0.332. The van der Waals surface area contributed by atoms with Crippen molar-refractivity contribution in [1.29, 1.82) is 0 Å². The zero-order valence-electron chi connectivity index (χ0n) is 9.46. The van der Waals surface area contributed by atoms with E-state index in [1.165, 1.54) is 11.1 Å². The van der Waals surface area contributed by atoms with Crippen LogP contribution >= 0.6 is 0 Å². The molecule has 1 rings (SSSR count). The third-order valence-electron chi connectivity index (χ3n) is 2.33. The smallest absolute Gasteiger partial charge is 0.0344 e. The molecule has 0 aliphatic rings. The Kier molecular flexibility index (Phi) is 4.86. The third-order valence-corrected chi connectivity index (χ3v) is 2.33. The largest absolute Gasteiger partial charge is 0.310 e. The van der Waals surface area contributed by atoms with Crippen LogP contribution < -0.4 is 5.32 Å².